The highest BCUT2D eigenvalue weighted by atomic mass is 16.1. The summed E-state index contributed by atoms with van der Waals surface area (Å²) in [6.45, 7) is 14.1. The number of nitrogens with zero attached hydrogens (tertiary/aromatic N) is 1. The molecular formula is C15H31N2O+. The van der Waals surface area contributed by atoms with Gasteiger partial charge in [-0.1, -0.05) is 25.5 Å². The lowest BCUT2D eigenvalue weighted by Crippen LogP contribution is -2.51. The molecule has 0 aromatic heterocycles. The molecule has 0 bridgehead atoms. The van der Waals surface area contributed by atoms with E-state index in [1.165, 1.54) is 0 Å². The molecule has 1 amide bonds. The quantitative estimate of drug-likeness (QED) is 0.472. The van der Waals surface area contributed by atoms with Crippen molar-refractivity contribution in [2.75, 3.05) is 32.7 Å². The standard InChI is InChI=1S/C15H30N2O/c1-5-9-10-11-12-15(18)16-13-14-17(6-2,7-3)8-4/h10-11H,5-9,12-14H2,1-4H3/p+1/b11-10+. The van der Waals surface area contributed by atoms with Crippen molar-refractivity contribution in [3.8, 4) is 0 Å². The van der Waals surface area contributed by atoms with Gasteiger partial charge in [0.2, 0.25) is 5.91 Å². The second-order valence-corrected chi connectivity index (χ2v) is 4.83. The molecule has 0 heterocycles. The molecule has 0 aliphatic heterocycles. The summed E-state index contributed by atoms with van der Waals surface area (Å²) >= 11 is 0. The Bertz CT molecular complexity index is 237. The van der Waals surface area contributed by atoms with Crippen molar-refractivity contribution in [2.45, 2.75) is 47.0 Å². The molecule has 0 spiro atoms. The minimum atomic E-state index is 0.142. The second-order valence-electron chi connectivity index (χ2n) is 4.83. The molecule has 0 atom stereocenters. The largest absolute Gasteiger partial charge is 0.350 e. The van der Waals surface area contributed by atoms with Crippen molar-refractivity contribution in [3.05, 3.63) is 12.2 Å². The van der Waals surface area contributed by atoms with Gasteiger partial charge in [0.15, 0.2) is 0 Å². The van der Waals surface area contributed by atoms with Crippen molar-refractivity contribution < 1.29 is 9.28 Å². The minimum absolute atomic E-state index is 0.142. The maximum absolute atomic E-state index is 11.6. The van der Waals surface area contributed by atoms with Gasteiger partial charge in [-0.05, 0) is 27.2 Å². The highest BCUT2D eigenvalue weighted by Crippen LogP contribution is 2.04. The zero-order valence-electron chi connectivity index (χ0n) is 12.7. The van der Waals surface area contributed by atoms with E-state index in [4.69, 9.17) is 0 Å². The van der Waals surface area contributed by atoms with E-state index >= 15 is 0 Å². The maximum atomic E-state index is 11.6. The van der Waals surface area contributed by atoms with Crippen LogP contribution in [0.15, 0.2) is 12.2 Å². The molecule has 3 heteroatoms. The number of likely N-dealkylation sites (N-methyl/N-ethyl adjacent to an activating group) is 1. The van der Waals surface area contributed by atoms with E-state index in [1.54, 1.807) is 0 Å². The van der Waals surface area contributed by atoms with E-state index in [9.17, 15) is 4.79 Å². The molecule has 0 aliphatic carbocycles. The number of nitrogens with one attached hydrogen (secondary N) is 1. The van der Waals surface area contributed by atoms with Gasteiger partial charge in [0.1, 0.15) is 0 Å². The van der Waals surface area contributed by atoms with E-state index < -0.39 is 0 Å². The van der Waals surface area contributed by atoms with Crippen LogP contribution in [0.25, 0.3) is 0 Å². The number of rotatable bonds is 10. The van der Waals surface area contributed by atoms with E-state index in [1.807, 2.05) is 6.08 Å². The lowest BCUT2D eigenvalue weighted by atomic mass is 10.2. The fraction of sp³-hybridized carbons (Fsp3) is 0.800. The zero-order chi connectivity index (χ0) is 13.9. The number of hydrogen-bond donors (Lipinski definition) is 1. The second kappa shape index (κ2) is 10.1. The molecule has 0 saturated carbocycles. The fourth-order valence-corrected chi connectivity index (χ4v) is 2.12. The van der Waals surface area contributed by atoms with Gasteiger partial charge in [-0.3, -0.25) is 4.79 Å². The summed E-state index contributed by atoms with van der Waals surface area (Å²) in [7, 11) is 0. The summed E-state index contributed by atoms with van der Waals surface area (Å²) in [5.74, 6) is 0.142. The van der Waals surface area contributed by atoms with Crippen LogP contribution in [0.5, 0.6) is 0 Å². The van der Waals surface area contributed by atoms with Crippen LogP contribution < -0.4 is 5.32 Å². The van der Waals surface area contributed by atoms with Crippen LogP contribution in [0.4, 0.5) is 0 Å². The summed E-state index contributed by atoms with van der Waals surface area (Å²) in [5, 5.41) is 3.01. The first-order chi connectivity index (χ1) is 8.64. The molecule has 0 aromatic rings. The first-order valence-electron chi connectivity index (χ1n) is 7.40. The van der Waals surface area contributed by atoms with Gasteiger partial charge in [-0.25, -0.2) is 0 Å². The number of hydrogen-bond acceptors (Lipinski definition) is 1. The van der Waals surface area contributed by atoms with Crippen molar-refractivity contribution in [1.29, 1.82) is 0 Å². The molecule has 0 radical (unpaired) electrons. The Balaban J connectivity index is 3.85. The topological polar surface area (TPSA) is 29.1 Å². The molecular weight excluding hydrogens is 224 g/mol. The highest BCUT2D eigenvalue weighted by molar-refractivity contribution is 5.77. The average molecular weight is 255 g/mol. The number of allylic oxidation sites excluding steroid dienone is 1. The molecule has 18 heavy (non-hydrogen) atoms. The summed E-state index contributed by atoms with van der Waals surface area (Å²) < 4.78 is 1.09. The molecule has 106 valence electrons. The number of carbonyl (C=O) groups excluding carboxylic acids is 1. The van der Waals surface area contributed by atoms with Gasteiger partial charge in [-0.15, -0.1) is 0 Å². The minimum Gasteiger partial charge on any atom is -0.350 e. The Kier molecular flexibility index (Phi) is 9.66. The van der Waals surface area contributed by atoms with Crippen LogP contribution >= 0.6 is 0 Å². The van der Waals surface area contributed by atoms with Crippen molar-refractivity contribution >= 4 is 5.91 Å². The first-order valence-corrected chi connectivity index (χ1v) is 7.40. The maximum Gasteiger partial charge on any atom is 0.224 e. The number of quaternary nitrogens is 1. The molecule has 0 aromatic carbocycles. The van der Waals surface area contributed by atoms with Crippen molar-refractivity contribution in [3.63, 3.8) is 0 Å². The molecule has 0 unspecified atom stereocenters. The van der Waals surface area contributed by atoms with Crippen LogP contribution in [-0.4, -0.2) is 43.1 Å². The molecule has 3 nitrogen and oxygen atoms in total. The molecule has 0 fully saturated rings. The zero-order valence-corrected chi connectivity index (χ0v) is 12.7. The SMILES string of the molecule is CCC/C=C/CC(=O)NCC[N+](CC)(CC)CC. The number of carbonyl (C=O) groups is 1. The molecule has 0 saturated heterocycles. The van der Waals surface area contributed by atoms with Crippen LogP contribution in [0.1, 0.15) is 47.0 Å². The van der Waals surface area contributed by atoms with E-state index in [-0.39, 0.29) is 5.91 Å². The van der Waals surface area contributed by atoms with E-state index in [2.05, 4.69) is 39.1 Å². The smallest absolute Gasteiger partial charge is 0.224 e. The lowest BCUT2D eigenvalue weighted by molar-refractivity contribution is -0.922. The summed E-state index contributed by atoms with van der Waals surface area (Å²) in [6.07, 6.45) is 6.78. The Hall–Kier alpha value is -0.830. The Labute approximate surface area is 113 Å². The third-order valence-electron chi connectivity index (χ3n) is 3.85. The molecule has 1 N–H and O–H groups in total. The van der Waals surface area contributed by atoms with Gasteiger partial charge in [0, 0.05) is 6.42 Å². The number of unbranched alkanes of at least 4 members (excludes halogenated alkanes) is 1. The van der Waals surface area contributed by atoms with Crippen LogP contribution in [0.3, 0.4) is 0 Å². The van der Waals surface area contributed by atoms with Gasteiger partial charge in [-0.2, -0.15) is 0 Å². The van der Waals surface area contributed by atoms with Crippen molar-refractivity contribution in [2.24, 2.45) is 0 Å². The normalized spacial score (nSPS) is 12.0. The van der Waals surface area contributed by atoms with Crippen LogP contribution in [0.2, 0.25) is 0 Å². The summed E-state index contributed by atoms with van der Waals surface area (Å²) in [5.41, 5.74) is 0. The van der Waals surface area contributed by atoms with Crippen LogP contribution in [0, 0.1) is 0 Å². The van der Waals surface area contributed by atoms with Gasteiger partial charge < -0.3 is 9.80 Å². The lowest BCUT2D eigenvalue weighted by Gasteiger charge is -2.35. The van der Waals surface area contributed by atoms with E-state index in [0.717, 1.165) is 50.0 Å². The summed E-state index contributed by atoms with van der Waals surface area (Å²) in [4.78, 5) is 11.6. The third kappa shape index (κ3) is 6.80. The Morgan fingerprint density at radius 2 is 1.67 bits per heavy atom. The summed E-state index contributed by atoms with van der Waals surface area (Å²) in [6, 6.07) is 0. The molecule has 0 rings (SSSR count). The predicted octanol–water partition coefficient (Wildman–Crippen LogP) is 2.73. The molecule has 0 aliphatic rings. The van der Waals surface area contributed by atoms with Gasteiger partial charge in [0.05, 0.1) is 32.7 Å². The number of amides is 1. The first kappa shape index (κ1) is 17.2. The third-order valence-corrected chi connectivity index (χ3v) is 3.85. The highest BCUT2D eigenvalue weighted by Gasteiger charge is 2.19. The van der Waals surface area contributed by atoms with Gasteiger partial charge >= 0.3 is 0 Å². The van der Waals surface area contributed by atoms with Crippen molar-refractivity contribution in [1.82, 2.24) is 5.32 Å². The fourth-order valence-electron chi connectivity index (χ4n) is 2.12. The van der Waals surface area contributed by atoms with Gasteiger partial charge in [0.25, 0.3) is 0 Å². The monoisotopic (exact) mass is 255 g/mol. The Morgan fingerprint density at radius 1 is 1.06 bits per heavy atom. The Morgan fingerprint density at radius 3 is 2.17 bits per heavy atom. The van der Waals surface area contributed by atoms with E-state index in [0.29, 0.717) is 6.42 Å². The average Bonchev–Trinajstić information content (AvgIpc) is 2.40. The van der Waals surface area contributed by atoms with Crippen LogP contribution in [-0.2, 0) is 4.79 Å². The predicted molar refractivity (Wildman–Crippen MR) is 78.4 cm³/mol.